The molecule has 0 saturated heterocycles. The summed E-state index contributed by atoms with van der Waals surface area (Å²) in [5.74, 6) is 0.0888. The lowest BCUT2D eigenvalue weighted by Gasteiger charge is -2.11. The first-order chi connectivity index (χ1) is 13.8. The molecular formula is C20H21N3O4S2. The van der Waals surface area contributed by atoms with Crippen LogP contribution in [0.15, 0.2) is 24.3 Å². The van der Waals surface area contributed by atoms with Crippen LogP contribution >= 0.6 is 11.3 Å². The molecule has 0 radical (unpaired) electrons. The summed E-state index contributed by atoms with van der Waals surface area (Å²) >= 11 is 1.64. The third-order valence-electron chi connectivity index (χ3n) is 4.81. The minimum absolute atomic E-state index is 0.0994. The van der Waals surface area contributed by atoms with Crippen molar-refractivity contribution in [2.24, 2.45) is 0 Å². The van der Waals surface area contributed by atoms with E-state index in [1.807, 2.05) is 0 Å². The normalized spacial score (nSPS) is 14.0. The molecule has 0 unspecified atom stereocenters. The number of anilines is 1. The highest BCUT2D eigenvalue weighted by molar-refractivity contribution is 7.89. The number of rotatable bonds is 5. The fraction of sp³-hybridized carbons (Fsp3) is 0.350. The van der Waals surface area contributed by atoms with Gasteiger partial charge in [-0.1, -0.05) is 12.1 Å². The molecule has 1 aliphatic carbocycles. The van der Waals surface area contributed by atoms with E-state index in [1.54, 1.807) is 29.5 Å². The Bertz CT molecular complexity index is 1200. The number of fused-ring (bicyclic) bond motifs is 3. The van der Waals surface area contributed by atoms with Gasteiger partial charge in [0.25, 0.3) is 0 Å². The lowest BCUT2D eigenvalue weighted by atomic mass is 9.97. The predicted octanol–water partition coefficient (Wildman–Crippen LogP) is 3.05. The average Bonchev–Trinajstić information content (AvgIpc) is 3.03. The summed E-state index contributed by atoms with van der Waals surface area (Å²) < 4.78 is 28.3. The molecule has 3 aromatic rings. The number of carbonyl (C=O) groups is 1. The number of hydrogen-bond acceptors (Lipinski definition) is 8. The maximum Gasteiger partial charge on any atom is 0.338 e. The maximum atomic E-state index is 12.4. The summed E-state index contributed by atoms with van der Waals surface area (Å²) in [4.78, 5) is 23.4. The zero-order chi connectivity index (χ0) is 20.6. The minimum Gasteiger partial charge on any atom is -0.454 e. The van der Waals surface area contributed by atoms with Crippen molar-refractivity contribution in [2.75, 3.05) is 12.0 Å². The highest BCUT2D eigenvalue weighted by Crippen LogP contribution is 2.37. The quantitative estimate of drug-likeness (QED) is 0.618. The Hall–Kier alpha value is -2.52. The van der Waals surface area contributed by atoms with Crippen molar-refractivity contribution < 1.29 is 17.9 Å². The number of benzene rings is 1. The van der Waals surface area contributed by atoms with Crippen LogP contribution in [0.4, 0.5) is 5.82 Å². The SMILES string of the molecule is CS(=O)(=O)Cc1cccc(C(=O)OCc2nc(N)c3c4c(sc3n2)CCCC4)c1. The van der Waals surface area contributed by atoms with E-state index in [-0.39, 0.29) is 17.9 Å². The first kappa shape index (κ1) is 19.8. The second-order valence-corrected chi connectivity index (χ2v) is 10.5. The van der Waals surface area contributed by atoms with Crippen molar-refractivity contribution in [1.82, 2.24) is 9.97 Å². The summed E-state index contributed by atoms with van der Waals surface area (Å²) in [6, 6.07) is 6.40. The molecule has 0 atom stereocenters. The molecule has 29 heavy (non-hydrogen) atoms. The highest BCUT2D eigenvalue weighted by Gasteiger charge is 2.20. The van der Waals surface area contributed by atoms with Gasteiger partial charge in [-0.2, -0.15) is 0 Å². The van der Waals surface area contributed by atoms with Gasteiger partial charge in [0.1, 0.15) is 10.6 Å². The number of aryl methyl sites for hydroxylation is 2. The van der Waals surface area contributed by atoms with Crippen LogP contribution < -0.4 is 5.73 Å². The molecule has 1 aliphatic rings. The molecule has 0 aliphatic heterocycles. The number of thiophene rings is 1. The molecular weight excluding hydrogens is 410 g/mol. The number of nitrogen functional groups attached to an aromatic ring is 1. The predicted molar refractivity (Wildman–Crippen MR) is 113 cm³/mol. The summed E-state index contributed by atoms with van der Waals surface area (Å²) in [6.07, 6.45) is 5.52. The van der Waals surface area contributed by atoms with Gasteiger partial charge in [0.2, 0.25) is 0 Å². The molecule has 0 bridgehead atoms. The average molecular weight is 432 g/mol. The fourth-order valence-electron chi connectivity index (χ4n) is 3.60. The van der Waals surface area contributed by atoms with Gasteiger partial charge >= 0.3 is 5.97 Å². The molecule has 0 amide bonds. The summed E-state index contributed by atoms with van der Waals surface area (Å²) in [7, 11) is -3.19. The summed E-state index contributed by atoms with van der Waals surface area (Å²) in [6.45, 7) is -0.0994. The third kappa shape index (κ3) is 4.40. The maximum absolute atomic E-state index is 12.4. The number of nitrogens with zero attached hydrogens (tertiary/aromatic N) is 2. The number of esters is 1. The van der Waals surface area contributed by atoms with Gasteiger partial charge in [-0.3, -0.25) is 0 Å². The van der Waals surface area contributed by atoms with Crippen molar-refractivity contribution in [3.63, 3.8) is 0 Å². The standard InChI is InChI=1S/C20H21N3O4S2/c1-29(25,26)11-12-5-4-6-13(9-12)20(24)27-10-16-22-18(21)17-14-7-2-3-8-15(14)28-19(17)23-16/h4-6,9H,2-3,7-8,10-11H2,1H3,(H2,21,22,23). The Labute approximate surface area is 172 Å². The van der Waals surface area contributed by atoms with Crippen molar-refractivity contribution >= 4 is 43.2 Å². The molecule has 2 N–H and O–H groups in total. The van der Waals surface area contributed by atoms with Gasteiger partial charge in [0, 0.05) is 11.1 Å². The molecule has 1 aromatic carbocycles. The summed E-state index contributed by atoms with van der Waals surface area (Å²) in [5.41, 5.74) is 8.26. The Morgan fingerprint density at radius 1 is 1.24 bits per heavy atom. The van der Waals surface area contributed by atoms with E-state index in [1.165, 1.54) is 22.9 Å². The molecule has 152 valence electrons. The van der Waals surface area contributed by atoms with Gasteiger partial charge in [0.15, 0.2) is 22.3 Å². The molecule has 2 heterocycles. The fourth-order valence-corrected chi connectivity index (χ4v) is 5.67. The van der Waals surface area contributed by atoms with E-state index in [2.05, 4.69) is 9.97 Å². The third-order valence-corrected chi connectivity index (χ3v) is 6.86. The van der Waals surface area contributed by atoms with E-state index in [0.29, 0.717) is 17.2 Å². The van der Waals surface area contributed by atoms with E-state index in [9.17, 15) is 13.2 Å². The van der Waals surface area contributed by atoms with Crippen LogP contribution in [0.3, 0.4) is 0 Å². The van der Waals surface area contributed by atoms with Gasteiger partial charge in [0.05, 0.1) is 16.7 Å². The largest absolute Gasteiger partial charge is 0.454 e. The molecule has 0 spiro atoms. The summed E-state index contributed by atoms with van der Waals surface area (Å²) in [5, 5.41) is 0.938. The van der Waals surface area contributed by atoms with Crippen LogP contribution in [-0.4, -0.2) is 30.6 Å². The number of carbonyl (C=O) groups excluding carboxylic acids is 1. The van der Waals surface area contributed by atoms with Gasteiger partial charge < -0.3 is 10.5 Å². The second-order valence-electron chi connectivity index (χ2n) is 7.26. The van der Waals surface area contributed by atoms with Crippen LogP contribution in [0.1, 0.15) is 45.0 Å². The van der Waals surface area contributed by atoms with Crippen LogP contribution in [0.25, 0.3) is 10.2 Å². The van der Waals surface area contributed by atoms with Crippen molar-refractivity contribution in [2.45, 2.75) is 38.0 Å². The smallest absolute Gasteiger partial charge is 0.338 e. The van der Waals surface area contributed by atoms with Crippen LogP contribution in [-0.2, 0) is 39.8 Å². The van der Waals surface area contributed by atoms with E-state index in [0.717, 1.165) is 35.7 Å². The van der Waals surface area contributed by atoms with Crippen LogP contribution in [0.5, 0.6) is 0 Å². The molecule has 4 rings (SSSR count). The Kier molecular flexibility index (Phi) is 5.26. The first-order valence-corrected chi connectivity index (χ1v) is 12.2. The first-order valence-electron chi connectivity index (χ1n) is 9.30. The number of nitrogens with two attached hydrogens (primary N) is 1. The molecule has 2 aromatic heterocycles. The van der Waals surface area contributed by atoms with Crippen molar-refractivity contribution in [3.8, 4) is 0 Å². The van der Waals surface area contributed by atoms with Crippen LogP contribution in [0, 0.1) is 0 Å². The Morgan fingerprint density at radius 2 is 2.03 bits per heavy atom. The number of hydrogen-bond donors (Lipinski definition) is 1. The van der Waals surface area contributed by atoms with E-state index < -0.39 is 15.8 Å². The zero-order valence-corrected chi connectivity index (χ0v) is 17.6. The number of aromatic nitrogens is 2. The molecule has 9 heteroatoms. The van der Waals surface area contributed by atoms with Gasteiger partial charge in [-0.15, -0.1) is 11.3 Å². The lowest BCUT2D eigenvalue weighted by Crippen LogP contribution is -2.09. The topological polar surface area (TPSA) is 112 Å². The van der Waals surface area contributed by atoms with Crippen molar-refractivity contribution in [1.29, 1.82) is 0 Å². The molecule has 7 nitrogen and oxygen atoms in total. The Balaban J connectivity index is 1.51. The van der Waals surface area contributed by atoms with Gasteiger partial charge in [-0.05, 0) is 48.9 Å². The Morgan fingerprint density at radius 3 is 2.83 bits per heavy atom. The van der Waals surface area contributed by atoms with E-state index in [4.69, 9.17) is 10.5 Å². The van der Waals surface area contributed by atoms with Crippen molar-refractivity contribution in [3.05, 3.63) is 51.7 Å². The number of sulfone groups is 1. The monoisotopic (exact) mass is 431 g/mol. The molecule has 0 fully saturated rings. The van der Waals surface area contributed by atoms with Crippen LogP contribution in [0.2, 0.25) is 0 Å². The lowest BCUT2D eigenvalue weighted by molar-refractivity contribution is 0.0462. The minimum atomic E-state index is -3.19. The number of ether oxygens (including phenoxy) is 1. The van der Waals surface area contributed by atoms with E-state index >= 15 is 0 Å². The zero-order valence-electron chi connectivity index (χ0n) is 16.0. The highest BCUT2D eigenvalue weighted by atomic mass is 32.2. The molecule has 0 saturated carbocycles. The van der Waals surface area contributed by atoms with Gasteiger partial charge in [-0.25, -0.2) is 23.2 Å². The second kappa shape index (κ2) is 7.72.